The first-order chi connectivity index (χ1) is 26.7. The third kappa shape index (κ3) is 4.14. The van der Waals surface area contributed by atoms with E-state index in [1.807, 2.05) is 11.3 Å². The van der Waals surface area contributed by atoms with Crippen molar-refractivity contribution < 1.29 is 0 Å². The molecule has 11 aromatic rings. The van der Waals surface area contributed by atoms with Gasteiger partial charge in [-0.25, -0.2) is 0 Å². The van der Waals surface area contributed by atoms with Gasteiger partial charge in [0.1, 0.15) is 0 Å². The molecular weight excluding hydrogens is 675 g/mol. The summed E-state index contributed by atoms with van der Waals surface area (Å²) in [6.07, 6.45) is 0. The molecule has 0 saturated carbocycles. The molecule has 2 atom stereocenters. The fraction of sp³-hybridized carbons (Fsp3) is 0.0600. The van der Waals surface area contributed by atoms with E-state index in [0.717, 1.165) is 11.4 Å². The number of fused-ring (bicyclic) bond motifs is 12. The van der Waals surface area contributed by atoms with E-state index in [1.54, 1.807) is 0 Å². The number of nitrogens with zero attached hydrogens (tertiary/aromatic N) is 3. The Labute approximate surface area is 315 Å². The van der Waals surface area contributed by atoms with E-state index < -0.39 is 0 Å². The van der Waals surface area contributed by atoms with Crippen LogP contribution in [-0.4, -0.2) is 14.8 Å². The Morgan fingerprint density at radius 2 is 1.17 bits per heavy atom. The predicted molar refractivity (Wildman–Crippen MR) is 231 cm³/mol. The molecule has 1 aliphatic heterocycles. The number of rotatable bonds is 3. The lowest BCUT2D eigenvalue weighted by Gasteiger charge is -2.32. The molecule has 3 nitrogen and oxygen atoms in total. The van der Waals surface area contributed by atoms with Gasteiger partial charge in [0, 0.05) is 43.2 Å². The lowest BCUT2D eigenvalue weighted by Crippen LogP contribution is -2.28. The summed E-state index contributed by atoms with van der Waals surface area (Å²) in [5.41, 5.74) is 9.53. The average Bonchev–Trinajstić information content (AvgIpc) is 3.87. The van der Waals surface area contributed by atoms with Crippen molar-refractivity contribution in [3.05, 3.63) is 180 Å². The molecule has 8 aromatic carbocycles. The zero-order valence-electron chi connectivity index (χ0n) is 29.6. The van der Waals surface area contributed by atoms with E-state index in [-0.39, 0.29) is 12.0 Å². The Morgan fingerprint density at radius 1 is 0.500 bits per heavy atom. The number of hydrogen-bond donors (Lipinski definition) is 0. The van der Waals surface area contributed by atoms with Crippen molar-refractivity contribution >= 4 is 98.0 Å². The number of thiophene rings is 1. The summed E-state index contributed by atoms with van der Waals surface area (Å²) in [7, 11) is 0. The third-order valence-electron chi connectivity index (χ3n) is 11.8. The molecule has 2 unspecified atom stereocenters. The zero-order valence-corrected chi connectivity index (χ0v) is 30.4. The van der Waals surface area contributed by atoms with Gasteiger partial charge in [-0.05, 0) is 81.7 Å². The van der Waals surface area contributed by atoms with Crippen molar-refractivity contribution in [2.45, 2.75) is 13.0 Å². The Kier molecular flexibility index (Phi) is 6.26. The lowest BCUT2D eigenvalue weighted by atomic mass is 9.86. The molecular formula is C50H33N3S. The number of para-hydroxylation sites is 2. The summed E-state index contributed by atoms with van der Waals surface area (Å²) in [5.74, 6) is 0.0854. The number of aliphatic imine (C=N–C) groups is 1. The minimum Gasteiger partial charge on any atom is -0.331 e. The first kappa shape index (κ1) is 30.0. The maximum Gasteiger partial charge on any atom is 0.0872 e. The molecule has 1 aliphatic rings. The van der Waals surface area contributed by atoms with Crippen molar-refractivity contribution in [1.29, 1.82) is 0 Å². The molecule has 254 valence electrons. The number of aromatic nitrogens is 2. The summed E-state index contributed by atoms with van der Waals surface area (Å²) in [4.78, 5) is 6.99. The highest BCUT2D eigenvalue weighted by molar-refractivity contribution is 7.19. The largest absolute Gasteiger partial charge is 0.331 e. The SMILES string of the molecule is CC1C(c2ccc3c(c2)c2ccccc2n3-c2ccccc2)=Nc2c(sc3ccccc23)C1n1c2cc3ccccc3cc2c2c3ccccc3ccc21. The summed E-state index contributed by atoms with van der Waals surface area (Å²) < 4.78 is 6.33. The zero-order chi connectivity index (χ0) is 35.5. The highest BCUT2D eigenvalue weighted by atomic mass is 32.1. The second-order valence-corrected chi connectivity index (χ2v) is 15.8. The van der Waals surface area contributed by atoms with Gasteiger partial charge in [0.15, 0.2) is 0 Å². The van der Waals surface area contributed by atoms with Crippen molar-refractivity contribution in [3.63, 3.8) is 0 Å². The van der Waals surface area contributed by atoms with Gasteiger partial charge in [-0.15, -0.1) is 11.3 Å². The number of benzene rings is 8. The van der Waals surface area contributed by atoms with Crippen LogP contribution < -0.4 is 0 Å². The van der Waals surface area contributed by atoms with Crippen LogP contribution in [0.25, 0.3) is 80.9 Å². The minimum absolute atomic E-state index is 0.0357. The Bertz CT molecular complexity index is 3360. The maximum atomic E-state index is 5.66. The summed E-state index contributed by atoms with van der Waals surface area (Å²) >= 11 is 1.91. The van der Waals surface area contributed by atoms with Crippen LogP contribution in [0.2, 0.25) is 0 Å². The molecule has 0 fully saturated rings. The molecule has 3 aromatic heterocycles. The van der Waals surface area contributed by atoms with Crippen molar-refractivity contribution in [2.75, 3.05) is 0 Å². The topological polar surface area (TPSA) is 22.2 Å². The summed E-state index contributed by atoms with van der Waals surface area (Å²) in [5, 5.41) is 11.4. The third-order valence-corrected chi connectivity index (χ3v) is 13.1. The highest BCUT2D eigenvalue weighted by Crippen LogP contribution is 2.52. The molecule has 0 saturated heterocycles. The van der Waals surface area contributed by atoms with Crippen LogP contribution in [0.5, 0.6) is 0 Å². The molecule has 0 radical (unpaired) electrons. The smallest absolute Gasteiger partial charge is 0.0872 e. The van der Waals surface area contributed by atoms with Crippen molar-refractivity contribution in [3.8, 4) is 5.69 Å². The monoisotopic (exact) mass is 707 g/mol. The number of hydrogen-bond acceptors (Lipinski definition) is 2. The normalized spacial score (nSPS) is 16.0. The second-order valence-electron chi connectivity index (χ2n) is 14.7. The van der Waals surface area contributed by atoms with Gasteiger partial charge in [-0.3, -0.25) is 4.99 Å². The summed E-state index contributed by atoms with van der Waals surface area (Å²) in [6.45, 7) is 2.40. The first-order valence-corrected chi connectivity index (χ1v) is 19.6. The van der Waals surface area contributed by atoms with E-state index in [1.165, 1.54) is 91.4 Å². The van der Waals surface area contributed by atoms with Gasteiger partial charge in [-0.1, -0.05) is 122 Å². The molecule has 4 heterocycles. The van der Waals surface area contributed by atoms with E-state index in [9.17, 15) is 0 Å². The van der Waals surface area contributed by atoms with Gasteiger partial charge in [-0.2, -0.15) is 0 Å². The van der Waals surface area contributed by atoms with Crippen LogP contribution in [0.4, 0.5) is 5.69 Å². The second kappa shape index (κ2) is 11.3. The molecule has 0 N–H and O–H groups in total. The van der Waals surface area contributed by atoms with Gasteiger partial charge in [0.2, 0.25) is 0 Å². The quantitative estimate of drug-likeness (QED) is 0.174. The Hall–Kier alpha value is -6.49. The minimum atomic E-state index is 0.0357. The van der Waals surface area contributed by atoms with Crippen LogP contribution in [0.15, 0.2) is 175 Å². The van der Waals surface area contributed by atoms with Crippen LogP contribution in [0.1, 0.15) is 23.4 Å². The Balaban J connectivity index is 1.15. The molecule has 54 heavy (non-hydrogen) atoms. The van der Waals surface area contributed by atoms with Crippen molar-refractivity contribution in [2.24, 2.45) is 10.9 Å². The van der Waals surface area contributed by atoms with E-state index in [4.69, 9.17) is 4.99 Å². The fourth-order valence-electron chi connectivity index (χ4n) is 9.42. The van der Waals surface area contributed by atoms with Crippen LogP contribution in [0, 0.1) is 5.92 Å². The molecule has 12 rings (SSSR count). The maximum absolute atomic E-state index is 5.66. The first-order valence-electron chi connectivity index (χ1n) is 18.7. The molecule has 4 heteroatoms. The molecule has 0 amide bonds. The van der Waals surface area contributed by atoms with E-state index >= 15 is 0 Å². The molecule has 0 aliphatic carbocycles. The molecule has 0 bridgehead atoms. The van der Waals surface area contributed by atoms with Crippen LogP contribution in [0.3, 0.4) is 0 Å². The predicted octanol–water partition coefficient (Wildman–Crippen LogP) is 13.8. The lowest BCUT2D eigenvalue weighted by molar-refractivity contribution is 0.527. The van der Waals surface area contributed by atoms with Gasteiger partial charge in [0.25, 0.3) is 0 Å². The Morgan fingerprint density at radius 3 is 2.02 bits per heavy atom. The fourth-order valence-corrected chi connectivity index (χ4v) is 10.8. The highest BCUT2D eigenvalue weighted by Gasteiger charge is 2.37. The molecule has 0 spiro atoms. The van der Waals surface area contributed by atoms with Crippen LogP contribution in [-0.2, 0) is 0 Å². The van der Waals surface area contributed by atoms with Gasteiger partial charge in [0.05, 0.1) is 44.4 Å². The van der Waals surface area contributed by atoms with E-state index in [0.29, 0.717) is 0 Å². The van der Waals surface area contributed by atoms with Crippen LogP contribution >= 0.6 is 11.3 Å². The van der Waals surface area contributed by atoms with Gasteiger partial charge >= 0.3 is 0 Å². The van der Waals surface area contributed by atoms with E-state index in [2.05, 4.69) is 186 Å². The summed E-state index contributed by atoms with van der Waals surface area (Å²) in [6, 6.07) is 62.5. The average molecular weight is 708 g/mol. The van der Waals surface area contributed by atoms with Crippen molar-refractivity contribution in [1.82, 2.24) is 9.13 Å². The standard InChI is InChI=1S/C50H33N3S/c1-30-47(34-24-25-42-39(28-34)37-19-9-11-21-41(37)52(42)35-16-3-2-4-17-35)51-48-38-20-10-12-22-45(38)54-50(48)49(30)53-43-26-23-31-13-7-8-18-36(31)46(43)40-27-32-14-5-6-15-33(32)29-44(40)53/h2-30,49H,1H3. The van der Waals surface area contributed by atoms with Gasteiger partial charge < -0.3 is 9.13 Å².